The summed E-state index contributed by atoms with van der Waals surface area (Å²) in [6, 6.07) is 11.3. The Hall–Kier alpha value is -2.00. The number of rotatable bonds is 7. The molecule has 0 saturated carbocycles. The smallest absolute Gasteiger partial charge is 0.240 e. The van der Waals surface area contributed by atoms with Gasteiger partial charge in [-0.25, -0.2) is 17.5 Å². The van der Waals surface area contributed by atoms with E-state index >= 15 is 0 Å². The maximum atomic E-state index is 13.4. The van der Waals surface area contributed by atoms with Crippen molar-refractivity contribution in [3.05, 3.63) is 59.4 Å². The van der Waals surface area contributed by atoms with Crippen LogP contribution in [0.4, 0.5) is 4.39 Å². The van der Waals surface area contributed by atoms with Gasteiger partial charge in [-0.05, 0) is 55.4 Å². The standard InChI is InChI=1S/C21H28FN3O3S/c1-16-14-18(22)6-9-21(16)29(26,27)23-15-20(25-12-10-24(2)11-13-25)17-4-7-19(28-3)8-5-17/h4-9,14,20,23H,10-13,15H2,1-3H3/t20-/m0/s1. The molecular formula is C21H28FN3O3S. The number of likely N-dealkylation sites (N-methyl/N-ethyl adjacent to an activating group) is 1. The molecule has 3 rings (SSSR count). The van der Waals surface area contributed by atoms with Crippen molar-refractivity contribution in [2.75, 3.05) is 46.9 Å². The van der Waals surface area contributed by atoms with Gasteiger partial charge in [0.25, 0.3) is 0 Å². The Morgan fingerprint density at radius 1 is 1.10 bits per heavy atom. The van der Waals surface area contributed by atoms with Crippen LogP contribution < -0.4 is 9.46 Å². The molecule has 8 heteroatoms. The van der Waals surface area contributed by atoms with Gasteiger partial charge >= 0.3 is 0 Å². The van der Waals surface area contributed by atoms with Gasteiger partial charge in [0, 0.05) is 38.8 Å². The van der Waals surface area contributed by atoms with Crippen molar-refractivity contribution in [2.24, 2.45) is 0 Å². The van der Waals surface area contributed by atoms with Gasteiger partial charge in [-0.15, -0.1) is 0 Å². The number of methoxy groups -OCH3 is 1. The third-order valence-electron chi connectivity index (χ3n) is 5.37. The molecule has 158 valence electrons. The molecule has 0 radical (unpaired) electrons. The molecule has 2 aromatic carbocycles. The molecule has 0 aliphatic carbocycles. The minimum atomic E-state index is -3.75. The Bertz CT molecular complexity index is 927. The number of benzene rings is 2. The lowest BCUT2D eigenvalue weighted by molar-refractivity contribution is 0.113. The second-order valence-electron chi connectivity index (χ2n) is 7.39. The van der Waals surface area contributed by atoms with Crippen LogP contribution in [0, 0.1) is 12.7 Å². The summed E-state index contributed by atoms with van der Waals surface area (Å²) < 4.78 is 47.1. The molecular weight excluding hydrogens is 393 g/mol. The number of hydrogen-bond donors (Lipinski definition) is 1. The van der Waals surface area contributed by atoms with E-state index < -0.39 is 15.8 Å². The molecule has 0 bridgehead atoms. The van der Waals surface area contributed by atoms with E-state index in [1.54, 1.807) is 14.0 Å². The molecule has 1 N–H and O–H groups in total. The van der Waals surface area contributed by atoms with Gasteiger partial charge in [-0.1, -0.05) is 12.1 Å². The highest BCUT2D eigenvalue weighted by Gasteiger charge is 2.26. The second kappa shape index (κ2) is 9.21. The molecule has 29 heavy (non-hydrogen) atoms. The zero-order valence-electron chi connectivity index (χ0n) is 17.1. The molecule has 0 aromatic heterocycles. The molecule has 1 aliphatic rings. The minimum absolute atomic E-state index is 0.103. The zero-order valence-corrected chi connectivity index (χ0v) is 17.9. The molecule has 0 spiro atoms. The first-order chi connectivity index (χ1) is 13.8. The molecule has 1 saturated heterocycles. The topological polar surface area (TPSA) is 61.9 Å². The Kier molecular flexibility index (Phi) is 6.89. The number of ether oxygens (including phenoxy) is 1. The monoisotopic (exact) mass is 421 g/mol. The third-order valence-corrected chi connectivity index (χ3v) is 6.96. The van der Waals surface area contributed by atoms with E-state index in [2.05, 4.69) is 21.6 Å². The van der Waals surface area contributed by atoms with E-state index in [1.807, 2.05) is 24.3 Å². The van der Waals surface area contributed by atoms with E-state index in [0.29, 0.717) is 5.56 Å². The molecule has 1 fully saturated rings. The zero-order chi connectivity index (χ0) is 21.0. The van der Waals surface area contributed by atoms with Crippen LogP contribution in [0.3, 0.4) is 0 Å². The average molecular weight is 422 g/mol. The van der Waals surface area contributed by atoms with E-state index in [-0.39, 0.29) is 17.5 Å². The summed E-state index contributed by atoms with van der Waals surface area (Å²) in [6.45, 7) is 5.39. The molecule has 1 heterocycles. The summed E-state index contributed by atoms with van der Waals surface area (Å²) in [6.07, 6.45) is 0. The predicted molar refractivity (Wildman–Crippen MR) is 111 cm³/mol. The van der Waals surface area contributed by atoms with Gasteiger partial charge in [0.1, 0.15) is 11.6 Å². The van der Waals surface area contributed by atoms with Crippen molar-refractivity contribution in [3.8, 4) is 5.75 Å². The van der Waals surface area contributed by atoms with Crippen LogP contribution in [0.15, 0.2) is 47.4 Å². The molecule has 1 aliphatic heterocycles. The SMILES string of the molecule is COc1ccc([C@H](CNS(=O)(=O)c2ccc(F)cc2C)N2CCN(C)CC2)cc1. The maximum Gasteiger partial charge on any atom is 0.240 e. The number of sulfonamides is 1. The van der Waals surface area contributed by atoms with Crippen molar-refractivity contribution in [2.45, 2.75) is 17.9 Å². The van der Waals surface area contributed by atoms with Crippen molar-refractivity contribution in [3.63, 3.8) is 0 Å². The predicted octanol–water partition coefficient (Wildman–Crippen LogP) is 2.41. The summed E-state index contributed by atoms with van der Waals surface area (Å²) in [5.74, 6) is 0.309. The second-order valence-corrected chi connectivity index (χ2v) is 9.13. The quantitative estimate of drug-likeness (QED) is 0.744. The number of hydrogen-bond acceptors (Lipinski definition) is 5. The molecule has 0 unspecified atom stereocenters. The fraction of sp³-hybridized carbons (Fsp3) is 0.429. The normalized spacial score (nSPS) is 17.2. The van der Waals surface area contributed by atoms with Crippen LogP contribution in [0.2, 0.25) is 0 Å². The van der Waals surface area contributed by atoms with Crippen LogP contribution in [0.5, 0.6) is 5.75 Å². The highest BCUT2D eigenvalue weighted by Crippen LogP contribution is 2.25. The molecule has 2 aromatic rings. The average Bonchev–Trinajstić information content (AvgIpc) is 2.69. The first-order valence-electron chi connectivity index (χ1n) is 9.62. The molecule has 6 nitrogen and oxygen atoms in total. The summed E-state index contributed by atoms with van der Waals surface area (Å²) in [5, 5.41) is 0. The van der Waals surface area contributed by atoms with Crippen molar-refractivity contribution < 1.29 is 17.5 Å². The summed E-state index contributed by atoms with van der Waals surface area (Å²) in [7, 11) is -0.0512. The van der Waals surface area contributed by atoms with Crippen LogP contribution in [-0.4, -0.2) is 65.1 Å². The number of piperazine rings is 1. The van der Waals surface area contributed by atoms with Crippen molar-refractivity contribution in [1.82, 2.24) is 14.5 Å². The highest BCUT2D eigenvalue weighted by atomic mass is 32.2. The minimum Gasteiger partial charge on any atom is -0.497 e. The first kappa shape index (κ1) is 21.7. The lowest BCUT2D eigenvalue weighted by atomic mass is 10.0. The van der Waals surface area contributed by atoms with Gasteiger partial charge in [0.15, 0.2) is 0 Å². The van der Waals surface area contributed by atoms with Crippen molar-refractivity contribution >= 4 is 10.0 Å². The number of nitrogens with zero attached hydrogens (tertiary/aromatic N) is 2. The fourth-order valence-corrected chi connectivity index (χ4v) is 4.86. The van der Waals surface area contributed by atoms with Crippen LogP contribution in [0.25, 0.3) is 0 Å². The van der Waals surface area contributed by atoms with E-state index in [1.165, 1.54) is 18.2 Å². The van der Waals surface area contributed by atoms with E-state index in [9.17, 15) is 12.8 Å². The third kappa shape index (κ3) is 5.33. The summed E-state index contributed by atoms with van der Waals surface area (Å²) in [4.78, 5) is 4.65. The highest BCUT2D eigenvalue weighted by molar-refractivity contribution is 7.89. The van der Waals surface area contributed by atoms with Gasteiger partial charge in [-0.3, -0.25) is 4.90 Å². The largest absolute Gasteiger partial charge is 0.497 e. The van der Waals surface area contributed by atoms with E-state index in [4.69, 9.17) is 4.74 Å². The lowest BCUT2D eigenvalue weighted by Crippen LogP contribution is -2.48. The van der Waals surface area contributed by atoms with Gasteiger partial charge in [0.2, 0.25) is 10.0 Å². The number of aryl methyl sites for hydroxylation is 1. The lowest BCUT2D eigenvalue weighted by Gasteiger charge is -2.38. The van der Waals surface area contributed by atoms with Crippen LogP contribution >= 0.6 is 0 Å². The number of halogens is 1. The first-order valence-corrected chi connectivity index (χ1v) is 11.1. The van der Waals surface area contributed by atoms with E-state index in [0.717, 1.165) is 37.5 Å². The number of nitrogens with one attached hydrogen (secondary N) is 1. The Balaban J connectivity index is 1.82. The van der Waals surface area contributed by atoms with Crippen LogP contribution in [0.1, 0.15) is 17.2 Å². The van der Waals surface area contributed by atoms with Crippen LogP contribution in [-0.2, 0) is 10.0 Å². The summed E-state index contributed by atoms with van der Waals surface area (Å²) in [5.41, 5.74) is 1.41. The Morgan fingerprint density at radius 2 is 1.76 bits per heavy atom. The Labute approximate surface area is 172 Å². The fourth-order valence-electron chi connectivity index (χ4n) is 3.60. The molecule has 0 amide bonds. The summed E-state index contributed by atoms with van der Waals surface area (Å²) >= 11 is 0. The van der Waals surface area contributed by atoms with Gasteiger partial charge < -0.3 is 9.64 Å². The molecule has 1 atom stereocenters. The van der Waals surface area contributed by atoms with Gasteiger partial charge in [0.05, 0.1) is 12.0 Å². The Morgan fingerprint density at radius 3 is 2.34 bits per heavy atom. The van der Waals surface area contributed by atoms with Crippen molar-refractivity contribution in [1.29, 1.82) is 0 Å². The maximum absolute atomic E-state index is 13.4. The van der Waals surface area contributed by atoms with Gasteiger partial charge in [-0.2, -0.15) is 0 Å².